The molecule has 116 valence electrons. The first-order valence-corrected chi connectivity index (χ1v) is 7.77. The van der Waals surface area contributed by atoms with E-state index < -0.39 is 0 Å². The fourth-order valence-corrected chi connectivity index (χ4v) is 3.28. The number of carbonyl (C=O) groups is 1. The summed E-state index contributed by atoms with van der Waals surface area (Å²) in [6.07, 6.45) is 0.815. The van der Waals surface area contributed by atoms with Crippen molar-refractivity contribution in [3.05, 3.63) is 70.7 Å². The Labute approximate surface area is 133 Å². The standard InChI is InChI=1S/C19H17FN2O/c1-12-2-7-17-15(10-12)16-11-22(9-8-18(16)21-17)19(23)13-3-5-14(20)6-4-13/h2-7,10,21H,8-9,11H2,1H3. The first-order valence-electron chi connectivity index (χ1n) is 7.77. The number of hydrogen-bond acceptors (Lipinski definition) is 1. The lowest BCUT2D eigenvalue weighted by Gasteiger charge is -2.27. The molecule has 0 saturated heterocycles. The second kappa shape index (κ2) is 5.23. The van der Waals surface area contributed by atoms with Gasteiger partial charge in [0.25, 0.3) is 5.91 Å². The van der Waals surface area contributed by atoms with Gasteiger partial charge in [0.15, 0.2) is 0 Å². The van der Waals surface area contributed by atoms with E-state index in [1.807, 2.05) is 4.90 Å². The van der Waals surface area contributed by atoms with E-state index in [-0.39, 0.29) is 11.7 Å². The van der Waals surface area contributed by atoms with Crippen molar-refractivity contribution >= 4 is 16.8 Å². The Kier molecular flexibility index (Phi) is 3.18. The second-order valence-electron chi connectivity index (χ2n) is 6.11. The summed E-state index contributed by atoms with van der Waals surface area (Å²) in [4.78, 5) is 17.9. The number of nitrogens with one attached hydrogen (secondary N) is 1. The number of halogens is 1. The van der Waals surface area contributed by atoms with Gasteiger partial charge >= 0.3 is 0 Å². The van der Waals surface area contributed by atoms with Crippen molar-refractivity contribution in [2.75, 3.05) is 6.54 Å². The fraction of sp³-hybridized carbons (Fsp3) is 0.211. The monoisotopic (exact) mass is 308 g/mol. The van der Waals surface area contributed by atoms with E-state index >= 15 is 0 Å². The van der Waals surface area contributed by atoms with Crippen LogP contribution in [-0.2, 0) is 13.0 Å². The highest BCUT2D eigenvalue weighted by Gasteiger charge is 2.24. The van der Waals surface area contributed by atoms with Crippen LogP contribution in [0.3, 0.4) is 0 Å². The topological polar surface area (TPSA) is 36.1 Å². The number of aromatic amines is 1. The molecular weight excluding hydrogens is 291 g/mol. The highest BCUT2D eigenvalue weighted by atomic mass is 19.1. The second-order valence-corrected chi connectivity index (χ2v) is 6.11. The highest BCUT2D eigenvalue weighted by molar-refractivity contribution is 5.95. The zero-order chi connectivity index (χ0) is 16.0. The zero-order valence-corrected chi connectivity index (χ0v) is 12.9. The van der Waals surface area contributed by atoms with Gasteiger partial charge in [-0.2, -0.15) is 0 Å². The Morgan fingerprint density at radius 1 is 1.17 bits per heavy atom. The molecule has 2 aromatic carbocycles. The van der Waals surface area contributed by atoms with Gasteiger partial charge in [0.2, 0.25) is 0 Å². The average molecular weight is 308 g/mol. The maximum Gasteiger partial charge on any atom is 0.254 e. The average Bonchev–Trinajstić information content (AvgIpc) is 2.92. The predicted molar refractivity (Wildman–Crippen MR) is 87.9 cm³/mol. The number of fused-ring (bicyclic) bond motifs is 3. The van der Waals surface area contributed by atoms with Crippen molar-refractivity contribution in [3.63, 3.8) is 0 Å². The molecular formula is C19H17FN2O. The van der Waals surface area contributed by atoms with Gasteiger partial charge in [0, 0.05) is 47.2 Å². The molecule has 0 atom stereocenters. The summed E-state index contributed by atoms with van der Waals surface area (Å²) in [5.74, 6) is -0.368. The molecule has 0 spiro atoms. The first kappa shape index (κ1) is 14.0. The van der Waals surface area contributed by atoms with Crippen molar-refractivity contribution < 1.29 is 9.18 Å². The molecule has 3 aromatic rings. The van der Waals surface area contributed by atoms with E-state index in [1.165, 1.54) is 34.3 Å². The molecule has 2 heterocycles. The van der Waals surface area contributed by atoms with E-state index in [2.05, 4.69) is 30.1 Å². The van der Waals surface area contributed by atoms with Gasteiger partial charge < -0.3 is 9.88 Å². The summed E-state index contributed by atoms with van der Waals surface area (Å²) in [5, 5.41) is 1.19. The van der Waals surface area contributed by atoms with Gasteiger partial charge in [0.05, 0.1) is 0 Å². The zero-order valence-electron chi connectivity index (χ0n) is 12.9. The summed E-state index contributed by atoms with van der Waals surface area (Å²) in [7, 11) is 0. The summed E-state index contributed by atoms with van der Waals surface area (Å²) >= 11 is 0. The van der Waals surface area contributed by atoms with Gasteiger partial charge in [-0.25, -0.2) is 4.39 Å². The molecule has 1 amide bonds. The molecule has 1 aliphatic heterocycles. The SMILES string of the molecule is Cc1ccc2[nH]c3c(c2c1)CN(C(=O)c1ccc(F)cc1)CC3. The lowest BCUT2D eigenvalue weighted by atomic mass is 10.0. The third kappa shape index (κ3) is 2.40. The first-order chi connectivity index (χ1) is 11.1. The van der Waals surface area contributed by atoms with Crippen molar-refractivity contribution in [3.8, 4) is 0 Å². The lowest BCUT2D eigenvalue weighted by molar-refractivity contribution is 0.0735. The van der Waals surface area contributed by atoms with Gasteiger partial charge in [-0.1, -0.05) is 11.6 Å². The Morgan fingerprint density at radius 2 is 1.96 bits per heavy atom. The Morgan fingerprint density at radius 3 is 2.74 bits per heavy atom. The maximum atomic E-state index is 13.0. The van der Waals surface area contributed by atoms with E-state index in [0.717, 1.165) is 11.9 Å². The summed E-state index contributed by atoms with van der Waals surface area (Å²) in [6, 6.07) is 12.1. The van der Waals surface area contributed by atoms with Crippen LogP contribution < -0.4 is 0 Å². The lowest BCUT2D eigenvalue weighted by Crippen LogP contribution is -2.35. The minimum absolute atomic E-state index is 0.0438. The van der Waals surface area contributed by atoms with E-state index in [4.69, 9.17) is 0 Å². The van der Waals surface area contributed by atoms with E-state index in [0.29, 0.717) is 18.7 Å². The van der Waals surface area contributed by atoms with Crippen LogP contribution in [0.25, 0.3) is 10.9 Å². The highest BCUT2D eigenvalue weighted by Crippen LogP contribution is 2.29. The fourth-order valence-electron chi connectivity index (χ4n) is 3.28. The minimum Gasteiger partial charge on any atom is -0.358 e. The number of benzene rings is 2. The summed E-state index contributed by atoms with van der Waals surface area (Å²) in [6.45, 7) is 3.34. The molecule has 1 aliphatic rings. The van der Waals surface area contributed by atoms with Crippen LogP contribution in [0.2, 0.25) is 0 Å². The molecule has 23 heavy (non-hydrogen) atoms. The number of carbonyl (C=O) groups excluding carboxylic acids is 1. The normalized spacial score (nSPS) is 14.1. The van der Waals surface area contributed by atoms with Crippen molar-refractivity contribution in [2.24, 2.45) is 0 Å². The largest absolute Gasteiger partial charge is 0.358 e. The maximum absolute atomic E-state index is 13.0. The van der Waals surface area contributed by atoms with E-state index in [1.54, 1.807) is 12.1 Å². The number of rotatable bonds is 1. The van der Waals surface area contributed by atoms with Crippen LogP contribution >= 0.6 is 0 Å². The summed E-state index contributed by atoms with van der Waals surface area (Å²) in [5.41, 5.74) is 5.28. The van der Waals surface area contributed by atoms with Crippen molar-refractivity contribution in [1.82, 2.24) is 9.88 Å². The van der Waals surface area contributed by atoms with Gasteiger partial charge in [-0.3, -0.25) is 4.79 Å². The molecule has 1 N–H and O–H groups in total. The third-order valence-corrected chi connectivity index (χ3v) is 4.51. The minimum atomic E-state index is -0.324. The molecule has 4 rings (SSSR count). The number of aromatic nitrogens is 1. The van der Waals surface area contributed by atoms with Gasteiger partial charge in [-0.15, -0.1) is 0 Å². The van der Waals surface area contributed by atoms with Crippen LogP contribution in [0, 0.1) is 12.7 Å². The van der Waals surface area contributed by atoms with Gasteiger partial charge in [0.1, 0.15) is 5.82 Å². The van der Waals surface area contributed by atoms with Crippen LogP contribution in [-0.4, -0.2) is 22.3 Å². The van der Waals surface area contributed by atoms with Crippen molar-refractivity contribution in [1.29, 1.82) is 0 Å². The molecule has 3 nitrogen and oxygen atoms in total. The number of nitrogens with zero attached hydrogens (tertiary/aromatic N) is 1. The van der Waals surface area contributed by atoms with Crippen molar-refractivity contribution in [2.45, 2.75) is 19.9 Å². The number of aryl methyl sites for hydroxylation is 1. The number of hydrogen-bond donors (Lipinski definition) is 1. The smallest absolute Gasteiger partial charge is 0.254 e. The third-order valence-electron chi connectivity index (χ3n) is 4.51. The summed E-state index contributed by atoms with van der Waals surface area (Å²) < 4.78 is 13.0. The van der Waals surface area contributed by atoms with Crippen LogP contribution in [0.5, 0.6) is 0 Å². The van der Waals surface area contributed by atoms with Gasteiger partial charge in [-0.05, 0) is 43.3 Å². The predicted octanol–water partition coefficient (Wildman–Crippen LogP) is 3.81. The molecule has 0 aliphatic carbocycles. The van der Waals surface area contributed by atoms with Crippen LogP contribution in [0.15, 0.2) is 42.5 Å². The molecule has 0 fully saturated rings. The molecule has 0 unspecified atom stereocenters. The van der Waals surface area contributed by atoms with Crippen LogP contribution in [0.4, 0.5) is 4.39 Å². The molecule has 0 bridgehead atoms. The molecule has 0 saturated carbocycles. The number of H-pyrrole nitrogens is 1. The Bertz CT molecular complexity index is 896. The Balaban J connectivity index is 1.67. The van der Waals surface area contributed by atoms with E-state index in [9.17, 15) is 9.18 Å². The molecule has 0 radical (unpaired) electrons. The number of amides is 1. The molecule has 1 aromatic heterocycles. The molecule has 4 heteroatoms. The Hall–Kier alpha value is -2.62. The quantitative estimate of drug-likeness (QED) is 0.729. The van der Waals surface area contributed by atoms with Crippen LogP contribution in [0.1, 0.15) is 27.2 Å².